The zero-order chi connectivity index (χ0) is 13.1. The first-order valence-corrected chi connectivity index (χ1v) is 8.08. The van der Waals surface area contributed by atoms with Crippen LogP contribution in [0.15, 0.2) is 0 Å². The highest BCUT2D eigenvalue weighted by atomic mass is 32.2. The smallest absolute Gasteiger partial charge is 0.211 e. The number of rotatable bonds is 4. The number of hydrogen-bond donors (Lipinski definition) is 2. The monoisotopic (exact) mass is 262 g/mol. The standard InChI is InChI=1S/C12H26N2O2S/c1-10-11(6-5-8-13-10)14-17(15,16)9-7-12(2,3)4/h10-11,13-14H,5-9H2,1-4H3. The Labute approximate surface area is 106 Å². The molecule has 0 spiro atoms. The quantitative estimate of drug-likeness (QED) is 0.807. The van der Waals surface area contributed by atoms with Crippen molar-refractivity contribution in [2.75, 3.05) is 12.3 Å². The van der Waals surface area contributed by atoms with Gasteiger partial charge in [-0.25, -0.2) is 13.1 Å². The van der Waals surface area contributed by atoms with Gasteiger partial charge in [0.25, 0.3) is 0 Å². The van der Waals surface area contributed by atoms with Crippen LogP contribution in [0.3, 0.4) is 0 Å². The van der Waals surface area contributed by atoms with E-state index in [0.29, 0.717) is 6.42 Å². The molecule has 0 saturated carbocycles. The molecule has 0 amide bonds. The summed E-state index contributed by atoms with van der Waals surface area (Å²) in [4.78, 5) is 0. The Bertz CT molecular complexity index is 333. The Morgan fingerprint density at radius 1 is 1.35 bits per heavy atom. The van der Waals surface area contributed by atoms with Crippen LogP contribution in [0, 0.1) is 5.41 Å². The summed E-state index contributed by atoms with van der Waals surface area (Å²) in [6.07, 6.45) is 2.66. The van der Waals surface area contributed by atoms with E-state index >= 15 is 0 Å². The molecule has 0 radical (unpaired) electrons. The molecule has 1 fully saturated rings. The van der Waals surface area contributed by atoms with Gasteiger partial charge < -0.3 is 5.32 Å². The highest BCUT2D eigenvalue weighted by molar-refractivity contribution is 7.89. The predicted molar refractivity (Wildman–Crippen MR) is 71.5 cm³/mol. The van der Waals surface area contributed by atoms with Crippen LogP contribution in [0.2, 0.25) is 0 Å². The summed E-state index contributed by atoms with van der Waals surface area (Å²) in [5.41, 5.74) is 0.0607. The largest absolute Gasteiger partial charge is 0.313 e. The van der Waals surface area contributed by atoms with E-state index in [4.69, 9.17) is 0 Å². The maximum absolute atomic E-state index is 12.0. The van der Waals surface area contributed by atoms with Gasteiger partial charge in [-0.2, -0.15) is 0 Å². The minimum atomic E-state index is -3.14. The maximum Gasteiger partial charge on any atom is 0.211 e. The second kappa shape index (κ2) is 5.67. The molecule has 0 bridgehead atoms. The van der Waals surface area contributed by atoms with Crippen molar-refractivity contribution < 1.29 is 8.42 Å². The lowest BCUT2D eigenvalue weighted by Gasteiger charge is -2.30. The topological polar surface area (TPSA) is 58.2 Å². The van der Waals surface area contributed by atoms with Gasteiger partial charge in [0.15, 0.2) is 0 Å². The van der Waals surface area contributed by atoms with Crippen molar-refractivity contribution in [3.05, 3.63) is 0 Å². The lowest BCUT2D eigenvalue weighted by atomic mass is 9.94. The van der Waals surface area contributed by atoms with Gasteiger partial charge in [0.05, 0.1) is 5.75 Å². The number of hydrogen-bond acceptors (Lipinski definition) is 3. The molecule has 1 rings (SSSR count). The fraction of sp³-hybridized carbons (Fsp3) is 1.00. The first-order chi connectivity index (χ1) is 7.70. The summed E-state index contributed by atoms with van der Waals surface area (Å²) < 4.78 is 26.7. The van der Waals surface area contributed by atoms with E-state index in [1.165, 1.54) is 0 Å². The molecule has 4 nitrogen and oxygen atoms in total. The Morgan fingerprint density at radius 3 is 2.53 bits per heavy atom. The number of nitrogens with one attached hydrogen (secondary N) is 2. The van der Waals surface area contributed by atoms with Gasteiger partial charge in [0.2, 0.25) is 10.0 Å². The van der Waals surface area contributed by atoms with Gasteiger partial charge >= 0.3 is 0 Å². The fourth-order valence-electron chi connectivity index (χ4n) is 1.94. The lowest BCUT2D eigenvalue weighted by Crippen LogP contribution is -2.52. The zero-order valence-corrected chi connectivity index (χ0v) is 12.2. The summed E-state index contributed by atoms with van der Waals surface area (Å²) in [7, 11) is -3.14. The summed E-state index contributed by atoms with van der Waals surface area (Å²) in [5, 5.41) is 3.30. The highest BCUT2D eigenvalue weighted by Gasteiger charge is 2.26. The predicted octanol–water partition coefficient (Wildman–Crippen LogP) is 1.48. The lowest BCUT2D eigenvalue weighted by molar-refractivity contribution is 0.346. The normalized spacial score (nSPS) is 27.1. The third kappa shape index (κ3) is 5.84. The Balaban J connectivity index is 2.48. The molecule has 0 aliphatic carbocycles. The van der Waals surface area contributed by atoms with Crippen molar-refractivity contribution >= 4 is 10.0 Å². The summed E-state index contributed by atoms with van der Waals surface area (Å²) in [6.45, 7) is 9.21. The molecule has 102 valence electrons. The molecule has 5 heteroatoms. The minimum Gasteiger partial charge on any atom is -0.313 e. The SMILES string of the molecule is CC1NCCCC1NS(=O)(=O)CCC(C)(C)C. The van der Waals surface area contributed by atoms with E-state index in [2.05, 4.69) is 30.8 Å². The number of piperidine rings is 1. The van der Waals surface area contributed by atoms with Crippen LogP contribution in [0.4, 0.5) is 0 Å². The Hall–Kier alpha value is -0.130. The van der Waals surface area contributed by atoms with Gasteiger partial charge in [0, 0.05) is 12.1 Å². The second-order valence-corrected chi connectivity index (χ2v) is 8.11. The van der Waals surface area contributed by atoms with Gasteiger partial charge in [-0.1, -0.05) is 20.8 Å². The van der Waals surface area contributed by atoms with E-state index in [1.807, 2.05) is 6.92 Å². The van der Waals surface area contributed by atoms with E-state index in [0.717, 1.165) is 19.4 Å². The summed E-state index contributed by atoms with van der Waals surface area (Å²) in [6, 6.07) is 0.280. The van der Waals surface area contributed by atoms with Crippen LogP contribution >= 0.6 is 0 Å². The average molecular weight is 262 g/mol. The van der Waals surface area contributed by atoms with Crippen molar-refractivity contribution in [2.24, 2.45) is 5.41 Å². The highest BCUT2D eigenvalue weighted by Crippen LogP contribution is 2.19. The minimum absolute atomic E-state index is 0.0497. The average Bonchev–Trinajstić information content (AvgIpc) is 2.18. The first kappa shape index (κ1) is 14.9. The molecule has 2 unspecified atom stereocenters. The molecular weight excluding hydrogens is 236 g/mol. The number of sulfonamides is 1. The molecule has 1 saturated heterocycles. The molecule has 1 aliphatic heterocycles. The van der Waals surface area contributed by atoms with Crippen LogP contribution in [-0.2, 0) is 10.0 Å². The first-order valence-electron chi connectivity index (χ1n) is 6.43. The Kier molecular flexibility index (Phi) is 4.98. The molecule has 1 aliphatic rings. The second-order valence-electron chi connectivity index (χ2n) is 6.24. The van der Waals surface area contributed by atoms with Crippen LogP contribution in [0.25, 0.3) is 0 Å². The van der Waals surface area contributed by atoms with Crippen molar-refractivity contribution in [1.29, 1.82) is 0 Å². The zero-order valence-electron chi connectivity index (χ0n) is 11.4. The van der Waals surface area contributed by atoms with E-state index in [-0.39, 0.29) is 23.3 Å². The molecule has 0 aromatic heterocycles. The summed E-state index contributed by atoms with van der Waals surface area (Å²) in [5.74, 6) is 0.222. The molecule has 2 atom stereocenters. The fourth-order valence-corrected chi connectivity index (χ4v) is 3.72. The molecule has 2 N–H and O–H groups in total. The molecule has 0 aromatic rings. The van der Waals surface area contributed by atoms with Crippen LogP contribution in [-0.4, -0.2) is 32.8 Å². The summed E-state index contributed by atoms with van der Waals surface area (Å²) >= 11 is 0. The van der Waals surface area contributed by atoms with Crippen molar-refractivity contribution in [1.82, 2.24) is 10.0 Å². The maximum atomic E-state index is 12.0. The van der Waals surface area contributed by atoms with Gasteiger partial charge in [-0.05, 0) is 38.1 Å². The third-order valence-corrected chi connectivity index (χ3v) is 4.62. The van der Waals surface area contributed by atoms with Crippen molar-refractivity contribution in [3.8, 4) is 0 Å². The van der Waals surface area contributed by atoms with Crippen LogP contribution in [0.1, 0.15) is 47.0 Å². The third-order valence-electron chi connectivity index (χ3n) is 3.21. The Morgan fingerprint density at radius 2 is 2.00 bits per heavy atom. The van der Waals surface area contributed by atoms with Gasteiger partial charge in [-0.15, -0.1) is 0 Å². The van der Waals surface area contributed by atoms with E-state index in [1.54, 1.807) is 0 Å². The van der Waals surface area contributed by atoms with Gasteiger partial charge in [0.1, 0.15) is 0 Å². The van der Waals surface area contributed by atoms with Crippen molar-refractivity contribution in [3.63, 3.8) is 0 Å². The molecule has 0 aromatic carbocycles. The van der Waals surface area contributed by atoms with Crippen LogP contribution in [0.5, 0.6) is 0 Å². The molecule has 17 heavy (non-hydrogen) atoms. The van der Waals surface area contributed by atoms with Gasteiger partial charge in [-0.3, -0.25) is 0 Å². The van der Waals surface area contributed by atoms with E-state index < -0.39 is 10.0 Å². The van der Waals surface area contributed by atoms with Crippen LogP contribution < -0.4 is 10.0 Å². The van der Waals surface area contributed by atoms with E-state index in [9.17, 15) is 8.42 Å². The molecular formula is C12H26N2O2S. The van der Waals surface area contributed by atoms with Crippen molar-refractivity contribution in [2.45, 2.75) is 59.0 Å². The molecule has 1 heterocycles.